The van der Waals surface area contributed by atoms with Crippen molar-refractivity contribution in [3.8, 4) is 0 Å². The van der Waals surface area contributed by atoms with Crippen LogP contribution in [0.3, 0.4) is 0 Å². The lowest BCUT2D eigenvalue weighted by atomic mass is 9.81. The molecule has 0 bridgehead atoms. The van der Waals surface area contributed by atoms with E-state index in [0.29, 0.717) is 6.42 Å². The van der Waals surface area contributed by atoms with E-state index in [0.717, 1.165) is 0 Å². The molecule has 0 saturated carbocycles. The number of aliphatic hydroxyl groups is 1. The van der Waals surface area contributed by atoms with Crippen molar-refractivity contribution in [2.45, 2.75) is 142 Å². The fourth-order valence-corrected chi connectivity index (χ4v) is 3.92. The van der Waals surface area contributed by atoms with Crippen molar-refractivity contribution < 1.29 is 5.11 Å². The lowest BCUT2D eigenvalue weighted by Crippen LogP contribution is -2.27. The van der Waals surface area contributed by atoms with Gasteiger partial charge in [0, 0.05) is 5.38 Å². The SMILES string of the molecule is CCCCCCCCCCCCCCCCC(C)(C)C(Cl)CC(C)O. The van der Waals surface area contributed by atoms with Crippen LogP contribution in [-0.2, 0) is 0 Å². The van der Waals surface area contributed by atoms with Crippen molar-refractivity contribution in [2.75, 3.05) is 0 Å². The average Bonchev–Trinajstić information content (AvgIpc) is 2.54. The van der Waals surface area contributed by atoms with E-state index in [1.807, 2.05) is 6.92 Å². The molecule has 0 aromatic rings. The molecule has 0 aliphatic carbocycles. The van der Waals surface area contributed by atoms with Gasteiger partial charge in [-0.15, -0.1) is 11.6 Å². The molecule has 152 valence electrons. The quantitative estimate of drug-likeness (QED) is 0.189. The van der Waals surface area contributed by atoms with Crippen LogP contribution >= 0.6 is 11.6 Å². The van der Waals surface area contributed by atoms with Gasteiger partial charge in [-0.1, -0.05) is 111 Å². The highest BCUT2D eigenvalue weighted by atomic mass is 35.5. The maximum atomic E-state index is 9.50. The van der Waals surface area contributed by atoms with Crippen molar-refractivity contribution in [3.63, 3.8) is 0 Å². The van der Waals surface area contributed by atoms with E-state index in [1.54, 1.807) is 0 Å². The molecule has 0 amide bonds. The fourth-order valence-electron chi connectivity index (χ4n) is 3.55. The summed E-state index contributed by atoms with van der Waals surface area (Å²) in [5, 5.41) is 9.57. The third kappa shape index (κ3) is 16.2. The summed E-state index contributed by atoms with van der Waals surface area (Å²) in [6, 6.07) is 0. The number of unbranched alkanes of at least 4 members (excludes halogenated alkanes) is 13. The van der Waals surface area contributed by atoms with Gasteiger partial charge in [-0.3, -0.25) is 0 Å². The Balaban J connectivity index is 3.36. The highest BCUT2D eigenvalue weighted by molar-refractivity contribution is 6.21. The van der Waals surface area contributed by atoms with Crippen LogP contribution in [0.15, 0.2) is 0 Å². The predicted molar refractivity (Wildman–Crippen MR) is 115 cm³/mol. The number of hydrogen-bond acceptors (Lipinski definition) is 1. The molecule has 0 fully saturated rings. The Bertz CT molecular complexity index is 275. The maximum absolute atomic E-state index is 9.50. The highest BCUT2D eigenvalue weighted by Crippen LogP contribution is 2.34. The fraction of sp³-hybridized carbons (Fsp3) is 1.00. The van der Waals surface area contributed by atoms with Gasteiger partial charge in [-0.2, -0.15) is 0 Å². The Morgan fingerprint density at radius 2 is 1.08 bits per heavy atom. The smallest absolute Gasteiger partial charge is 0.0526 e. The molecule has 0 spiro atoms. The van der Waals surface area contributed by atoms with Gasteiger partial charge in [0.05, 0.1) is 6.10 Å². The average molecular weight is 375 g/mol. The molecule has 2 atom stereocenters. The van der Waals surface area contributed by atoms with Crippen molar-refractivity contribution in [1.29, 1.82) is 0 Å². The van der Waals surface area contributed by atoms with Gasteiger partial charge in [0.1, 0.15) is 0 Å². The molecule has 1 N–H and O–H groups in total. The maximum Gasteiger partial charge on any atom is 0.0526 e. The molecule has 0 saturated heterocycles. The van der Waals surface area contributed by atoms with E-state index in [4.69, 9.17) is 11.6 Å². The zero-order chi connectivity index (χ0) is 19.0. The lowest BCUT2D eigenvalue weighted by Gasteiger charge is -2.31. The molecule has 2 heteroatoms. The van der Waals surface area contributed by atoms with Crippen LogP contribution in [0.4, 0.5) is 0 Å². The summed E-state index contributed by atoms with van der Waals surface area (Å²) in [5.41, 5.74) is 0.135. The molecule has 0 aliphatic rings. The molecule has 25 heavy (non-hydrogen) atoms. The molecule has 1 nitrogen and oxygen atoms in total. The third-order valence-electron chi connectivity index (χ3n) is 5.57. The van der Waals surface area contributed by atoms with E-state index in [2.05, 4.69) is 20.8 Å². The van der Waals surface area contributed by atoms with E-state index in [1.165, 1.54) is 96.3 Å². The summed E-state index contributed by atoms with van der Waals surface area (Å²) >= 11 is 6.47. The summed E-state index contributed by atoms with van der Waals surface area (Å²) in [7, 11) is 0. The summed E-state index contributed by atoms with van der Waals surface area (Å²) in [4.78, 5) is 0. The first-order chi connectivity index (χ1) is 11.9. The zero-order valence-electron chi connectivity index (χ0n) is 17.8. The molecular weight excluding hydrogens is 328 g/mol. The van der Waals surface area contributed by atoms with Crippen LogP contribution in [-0.4, -0.2) is 16.6 Å². The summed E-state index contributed by atoms with van der Waals surface area (Å²) < 4.78 is 0. The lowest BCUT2D eigenvalue weighted by molar-refractivity contribution is 0.158. The van der Waals surface area contributed by atoms with E-state index in [9.17, 15) is 5.11 Å². The van der Waals surface area contributed by atoms with E-state index in [-0.39, 0.29) is 16.9 Å². The van der Waals surface area contributed by atoms with E-state index >= 15 is 0 Å². The Kier molecular flexibility index (Phi) is 16.6. The number of rotatable bonds is 18. The van der Waals surface area contributed by atoms with Gasteiger partial charge in [0.15, 0.2) is 0 Å². The predicted octanol–water partition coefficient (Wildman–Crippen LogP) is 8.26. The molecule has 0 aliphatic heterocycles. The molecule has 0 heterocycles. The summed E-state index contributed by atoms with van der Waals surface area (Å²) in [6.45, 7) is 8.61. The van der Waals surface area contributed by atoms with Gasteiger partial charge in [0.2, 0.25) is 0 Å². The Labute approximate surface area is 164 Å². The largest absolute Gasteiger partial charge is 0.393 e. The number of halogens is 1. The second kappa shape index (κ2) is 16.4. The second-order valence-electron chi connectivity index (χ2n) is 8.89. The monoisotopic (exact) mass is 374 g/mol. The van der Waals surface area contributed by atoms with Gasteiger partial charge < -0.3 is 5.11 Å². The van der Waals surface area contributed by atoms with Gasteiger partial charge in [-0.25, -0.2) is 0 Å². The van der Waals surface area contributed by atoms with Crippen LogP contribution < -0.4 is 0 Å². The molecule has 0 rings (SSSR count). The Morgan fingerprint density at radius 3 is 1.44 bits per heavy atom. The molecule has 2 unspecified atom stereocenters. The minimum absolute atomic E-state index is 0.0782. The standard InChI is InChI=1S/C23H47ClO/c1-5-6-7-8-9-10-11-12-13-14-15-16-17-18-19-23(3,4)22(24)20-21(2)25/h21-22,25H,5-20H2,1-4H3. The van der Waals surface area contributed by atoms with Crippen molar-refractivity contribution in [3.05, 3.63) is 0 Å². The first kappa shape index (κ1) is 25.2. The second-order valence-corrected chi connectivity index (χ2v) is 9.41. The van der Waals surface area contributed by atoms with Crippen LogP contribution in [0.2, 0.25) is 0 Å². The van der Waals surface area contributed by atoms with Crippen LogP contribution in [0.25, 0.3) is 0 Å². The molecule has 0 aromatic heterocycles. The third-order valence-corrected chi connectivity index (χ3v) is 6.34. The number of hydrogen-bond donors (Lipinski definition) is 1. The minimum atomic E-state index is -0.293. The zero-order valence-corrected chi connectivity index (χ0v) is 18.5. The van der Waals surface area contributed by atoms with Gasteiger partial charge >= 0.3 is 0 Å². The Morgan fingerprint density at radius 1 is 0.720 bits per heavy atom. The summed E-state index contributed by atoms with van der Waals surface area (Å²) in [6.07, 6.45) is 21.2. The summed E-state index contributed by atoms with van der Waals surface area (Å²) in [5.74, 6) is 0. The van der Waals surface area contributed by atoms with Crippen molar-refractivity contribution in [1.82, 2.24) is 0 Å². The van der Waals surface area contributed by atoms with Crippen LogP contribution in [0, 0.1) is 5.41 Å². The normalized spacial score (nSPS) is 14.6. The number of alkyl halides is 1. The van der Waals surface area contributed by atoms with Gasteiger partial charge in [0.25, 0.3) is 0 Å². The molecule has 0 aromatic carbocycles. The topological polar surface area (TPSA) is 20.2 Å². The van der Waals surface area contributed by atoms with Gasteiger partial charge in [-0.05, 0) is 25.2 Å². The first-order valence-corrected chi connectivity index (χ1v) is 11.7. The highest BCUT2D eigenvalue weighted by Gasteiger charge is 2.28. The number of aliphatic hydroxyl groups excluding tert-OH is 1. The van der Waals surface area contributed by atoms with E-state index < -0.39 is 0 Å². The molecular formula is C23H47ClO. The van der Waals surface area contributed by atoms with Crippen molar-refractivity contribution in [2.24, 2.45) is 5.41 Å². The molecule has 0 radical (unpaired) electrons. The van der Waals surface area contributed by atoms with Crippen LogP contribution in [0.5, 0.6) is 0 Å². The minimum Gasteiger partial charge on any atom is -0.393 e. The Hall–Kier alpha value is 0.250. The van der Waals surface area contributed by atoms with Crippen molar-refractivity contribution >= 4 is 11.6 Å². The van der Waals surface area contributed by atoms with Crippen LogP contribution in [0.1, 0.15) is 130 Å². The first-order valence-electron chi connectivity index (χ1n) is 11.2.